The predicted octanol–water partition coefficient (Wildman–Crippen LogP) is 1.38. The summed E-state index contributed by atoms with van der Waals surface area (Å²) in [6, 6.07) is 2.68. The minimum absolute atomic E-state index is 0.0446. The molecular weight excluding hydrogens is 276 g/mol. The van der Waals surface area contributed by atoms with Crippen LogP contribution in [0.3, 0.4) is 0 Å². The van der Waals surface area contributed by atoms with Crippen LogP contribution >= 0.6 is 11.3 Å². The zero-order valence-corrected chi connectivity index (χ0v) is 10.8. The third kappa shape index (κ3) is 2.12. The van der Waals surface area contributed by atoms with Crippen LogP contribution in [0.1, 0.15) is 15.4 Å². The number of aryl methyl sites for hydroxylation is 1. The number of carbonyl (C=O) groups is 1. The van der Waals surface area contributed by atoms with Gasteiger partial charge in [0, 0.05) is 12.4 Å². The molecule has 0 aliphatic rings. The largest absolute Gasteiger partial charge is 0.477 e. The molecule has 8 heteroatoms. The first-order valence-electron chi connectivity index (χ1n) is 4.79. The maximum Gasteiger partial charge on any atom is 0.347 e. The molecular formula is C10H8N2O4S2. The van der Waals surface area contributed by atoms with Gasteiger partial charge in [0.2, 0.25) is 14.2 Å². The third-order valence-electron chi connectivity index (χ3n) is 2.16. The van der Waals surface area contributed by atoms with Gasteiger partial charge in [0.15, 0.2) is 0 Å². The smallest absolute Gasteiger partial charge is 0.347 e. The van der Waals surface area contributed by atoms with E-state index in [4.69, 9.17) is 5.11 Å². The Balaban J connectivity index is 2.56. The summed E-state index contributed by atoms with van der Waals surface area (Å²) < 4.78 is 24.1. The summed E-state index contributed by atoms with van der Waals surface area (Å²) in [6.07, 6.45) is 2.71. The van der Waals surface area contributed by atoms with Gasteiger partial charge in [0.25, 0.3) is 0 Å². The highest BCUT2D eigenvalue weighted by atomic mass is 32.2. The van der Waals surface area contributed by atoms with Crippen molar-refractivity contribution in [2.45, 2.75) is 16.2 Å². The Kier molecular flexibility index (Phi) is 3.14. The molecule has 6 nitrogen and oxygen atoms in total. The molecule has 0 bridgehead atoms. The minimum atomic E-state index is -3.77. The lowest BCUT2D eigenvalue weighted by atomic mass is 10.4. The van der Waals surface area contributed by atoms with E-state index < -0.39 is 15.8 Å². The van der Waals surface area contributed by atoms with Crippen LogP contribution in [-0.4, -0.2) is 29.5 Å². The van der Waals surface area contributed by atoms with Gasteiger partial charge in [-0.25, -0.2) is 18.2 Å². The highest BCUT2D eigenvalue weighted by Gasteiger charge is 2.25. The lowest BCUT2D eigenvalue weighted by Crippen LogP contribution is -2.01. The number of aromatic carboxylic acids is 1. The minimum Gasteiger partial charge on any atom is -0.477 e. The maximum atomic E-state index is 12.1. The van der Waals surface area contributed by atoms with E-state index in [0.717, 1.165) is 0 Å². The molecule has 94 valence electrons. The number of carboxylic acids is 1. The Bertz CT molecular complexity index is 692. The molecule has 0 aromatic carbocycles. The molecule has 18 heavy (non-hydrogen) atoms. The van der Waals surface area contributed by atoms with Gasteiger partial charge in [-0.2, -0.15) is 0 Å². The Labute approximate surface area is 107 Å². The molecule has 0 aliphatic carbocycles. The van der Waals surface area contributed by atoms with E-state index in [2.05, 4.69) is 9.97 Å². The number of sulfone groups is 1. The van der Waals surface area contributed by atoms with E-state index in [1.54, 1.807) is 0 Å². The molecule has 0 fully saturated rings. The Hall–Kier alpha value is -1.80. The molecule has 2 rings (SSSR count). The van der Waals surface area contributed by atoms with Crippen LogP contribution in [0.5, 0.6) is 0 Å². The second kappa shape index (κ2) is 4.46. The van der Waals surface area contributed by atoms with E-state index >= 15 is 0 Å². The average Bonchev–Trinajstić information content (AvgIpc) is 2.73. The van der Waals surface area contributed by atoms with Crippen LogP contribution in [-0.2, 0) is 9.84 Å². The molecule has 0 aliphatic heterocycles. The third-order valence-corrected chi connectivity index (χ3v) is 5.45. The van der Waals surface area contributed by atoms with Crippen molar-refractivity contribution >= 4 is 27.1 Å². The summed E-state index contributed by atoms with van der Waals surface area (Å²) in [7, 11) is -3.77. The average molecular weight is 284 g/mol. The van der Waals surface area contributed by atoms with Crippen LogP contribution in [0.25, 0.3) is 0 Å². The Morgan fingerprint density at radius 3 is 2.44 bits per heavy atom. The fourth-order valence-electron chi connectivity index (χ4n) is 1.30. The zero-order valence-electron chi connectivity index (χ0n) is 9.19. The lowest BCUT2D eigenvalue weighted by Gasteiger charge is -1.98. The molecule has 0 saturated carbocycles. The normalized spacial score (nSPS) is 11.4. The number of rotatable bonds is 3. The summed E-state index contributed by atoms with van der Waals surface area (Å²) in [5.41, 5.74) is 0.195. The van der Waals surface area contributed by atoms with Crippen LogP contribution in [0.4, 0.5) is 0 Å². The highest BCUT2D eigenvalue weighted by molar-refractivity contribution is 7.93. The van der Waals surface area contributed by atoms with Gasteiger partial charge in [-0.05, 0) is 19.1 Å². The summed E-state index contributed by atoms with van der Waals surface area (Å²) in [4.78, 5) is 18.4. The van der Waals surface area contributed by atoms with Gasteiger partial charge in [-0.3, -0.25) is 4.98 Å². The number of hydrogen-bond donors (Lipinski definition) is 1. The van der Waals surface area contributed by atoms with Crippen molar-refractivity contribution in [1.29, 1.82) is 0 Å². The summed E-state index contributed by atoms with van der Waals surface area (Å²) in [5, 5.41) is 8.88. The second-order valence-corrected chi connectivity index (χ2v) is 6.51. The first-order chi connectivity index (χ1) is 8.43. The molecule has 0 amide bonds. The van der Waals surface area contributed by atoms with Gasteiger partial charge >= 0.3 is 5.97 Å². The molecule has 0 saturated heterocycles. The maximum absolute atomic E-state index is 12.1. The van der Waals surface area contributed by atoms with Gasteiger partial charge in [0.05, 0.1) is 10.6 Å². The lowest BCUT2D eigenvalue weighted by molar-refractivity contribution is 0.0701. The van der Waals surface area contributed by atoms with E-state index in [9.17, 15) is 13.2 Å². The summed E-state index contributed by atoms with van der Waals surface area (Å²) >= 11 is 0.650. The van der Waals surface area contributed by atoms with E-state index in [0.29, 0.717) is 11.3 Å². The number of thiazole rings is 1. The van der Waals surface area contributed by atoms with Gasteiger partial charge in [-0.1, -0.05) is 11.3 Å². The SMILES string of the molecule is Cc1nc(S(=O)(=O)c2ccncc2)sc1C(=O)O. The fourth-order valence-corrected chi connectivity index (χ4v) is 3.86. The number of pyridine rings is 1. The molecule has 2 aromatic rings. The van der Waals surface area contributed by atoms with Crippen molar-refractivity contribution in [1.82, 2.24) is 9.97 Å². The molecule has 2 heterocycles. The van der Waals surface area contributed by atoms with Crippen molar-refractivity contribution in [3.8, 4) is 0 Å². The van der Waals surface area contributed by atoms with E-state index in [1.807, 2.05) is 0 Å². The molecule has 0 atom stereocenters. The highest BCUT2D eigenvalue weighted by Crippen LogP contribution is 2.27. The topological polar surface area (TPSA) is 97.2 Å². The van der Waals surface area contributed by atoms with Crippen LogP contribution in [0, 0.1) is 6.92 Å². The number of carboxylic acid groups (broad SMARTS) is 1. The van der Waals surface area contributed by atoms with Gasteiger partial charge in [-0.15, -0.1) is 0 Å². The zero-order chi connectivity index (χ0) is 13.3. The molecule has 0 spiro atoms. The van der Waals surface area contributed by atoms with Crippen molar-refractivity contribution in [3.05, 3.63) is 35.1 Å². The number of hydrogen-bond acceptors (Lipinski definition) is 6. The van der Waals surface area contributed by atoms with Gasteiger partial charge in [0.1, 0.15) is 4.88 Å². The first-order valence-corrected chi connectivity index (χ1v) is 7.08. The fraction of sp³-hybridized carbons (Fsp3) is 0.100. The summed E-state index contributed by atoms with van der Waals surface area (Å²) in [5.74, 6) is -1.18. The number of nitrogens with zero attached hydrogens (tertiary/aromatic N) is 2. The monoisotopic (exact) mass is 284 g/mol. The quantitative estimate of drug-likeness (QED) is 0.914. The predicted molar refractivity (Wildman–Crippen MR) is 63.5 cm³/mol. The molecule has 0 unspecified atom stereocenters. The number of aromatic nitrogens is 2. The first kappa shape index (κ1) is 12.7. The van der Waals surface area contributed by atoms with E-state index in [-0.39, 0.29) is 19.8 Å². The van der Waals surface area contributed by atoms with Crippen molar-refractivity contribution in [2.24, 2.45) is 0 Å². The Morgan fingerprint density at radius 1 is 1.33 bits per heavy atom. The Morgan fingerprint density at radius 2 is 1.94 bits per heavy atom. The standard InChI is InChI=1S/C10H8N2O4S2/c1-6-8(9(13)14)17-10(12-6)18(15,16)7-2-4-11-5-3-7/h2-5H,1H3,(H,13,14). The van der Waals surface area contributed by atoms with Crippen LogP contribution in [0.2, 0.25) is 0 Å². The van der Waals surface area contributed by atoms with Crippen LogP contribution in [0.15, 0.2) is 33.8 Å². The summed E-state index contributed by atoms with van der Waals surface area (Å²) in [6.45, 7) is 1.46. The van der Waals surface area contributed by atoms with Crippen molar-refractivity contribution in [2.75, 3.05) is 0 Å². The van der Waals surface area contributed by atoms with Gasteiger partial charge < -0.3 is 5.11 Å². The van der Waals surface area contributed by atoms with Crippen molar-refractivity contribution in [3.63, 3.8) is 0 Å². The molecule has 0 radical (unpaired) electrons. The van der Waals surface area contributed by atoms with Crippen LogP contribution < -0.4 is 0 Å². The molecule has 2 aromatic heterocycles. The second-order valence-electron chi connectivity index (χ2n) is 3.39. The van der Waals surface area contributed by atoms with Crippen molar-refractivity contribution < 1.29 is 18.3 Å². The molecule has 1 N–H and O–H groups in total. The van der Waals surface area contributed by atoms with E-state index in [1.165, 1.54) is 31.5 Å².